The van der Waals surface area contributed by atoms with Gasteiger partial charge in [-0.15, -0.1) is 0 Å². The van der Waals surface area contributed by atoms with Crippen molar-refractivity contribution < 1.29 is 0 Å². The molecule has 1 heteroatoms. The summed E-state index contributed by atoms with van der Waals surface area (Å²) >= 11 is 0. The normalized spacial score (nSPS) is 11.9. The van der Waals surface area contributed by atoms with Crippen LogP contribution in [0.3, 0.4) is 0 Å². The molecule has 0 bridgehead atoms. The van der Waals surface area contributed by atoms with E-state index in [2.05, 4.69) is 115 Å². The van der Waals surface area contributed by atoms with E-state index in [1.54, 1.807) is 0 Å². The van der Waals surface area contributed by atoms with Crippen LogP contribution in [0.25, 0.3) is 53.9 Å². The van der Waals surface area contributed by atoms with Crippen LogP contribution in [-0.4, -0.2) is 0 Å². The van der Waals surface area contributed by atoms with Gasteiger partial charge in [0.25, 0.3) is 0 Å². The maximum atomic E-state index is 3.71. The molecule has 0 saturated heterocycles. The van der Waals surface area contributed by atoms with Crippen LogP contribution in [0.1, 0.15) is 0 Å². The van der Waals surface area contributed by atoms with Crippen molar-refractivity contribution in [3.63, 3.8) is 0 Å². The van der Waals surface area contributed by atoms with Crippen LogP contribution in [0.4, 0.5) is 11.4 Å². The number of hydrogen-bond donors (Lipinski definition) is 1. The molecule has 0 aliphatic heterocycles. The highest BCUT2D eigenvalue weighted by Gasteiger charge is 2.10. The molecule has 1 nitrogen and oxygen atoms in total. The molecule has 144 valence electrons. The Morgan fingerprint density at radius 3 is 1.68 bits per heavy atom. The number of nitrogens with one attached hydrogen (secondary N) is 1. The molecule has 7 rings (SSSR count). The van der Waals surface area contributed by atoms with Gasteiger partial charge in [-0.25, -0.2) is 0 Å². The van der Waals surface area contributed by atoms with Gasteiger partial charge in [0.2, 0.25) is 0 Å². The van der Waals surface area contributed by atoms with Gasteiger partial charge in [-0.1, -0.05) is 78.9 Å². The minimum atomic E-state index is 1.12. The van der Waals surface area contributed by atoms with Crippen molar-refractivity contribution in [1.29, 1.82) is 0 Å². The number of fused-ring (bicyclic) bond motifs is 2. The number of anilines is 2. The average Bonchev–Trinajstić information content (AvgIpc) is 2.81. The molecule has 7 aromatic carbocycles. The van der Waals surface area contributed by atoms with E-state index in [1.807, 2.05) is 0 Å². The first-order chi connectivity index (χ1) is 15.3. The first kappa shape index (κ1) is 16.7. The first-order valence-corrected chi connectivity index (χ1v) is 10.7. The fraction of sp³-hybridized carbons (Fsp3) is 0. The molecule has 31 heavy (non-hydrogen) atoms. The molecule has 0 amide bonds. The molecule has 7 aromatic rings. The van der Waals surface area contributed by atoms with Crippen LogP contribution in [-0.2, 0) is 0 Å². The van der Waals surface area contributed by atoms with Gasteiger partial charge in [0.05, 0.1) is 0 Å². The Morgan fingerprint density at radius 1 is 0.387 bits per heavy atom. The van der Waals surface area contributed by atoms with E-state index >= 15 is 0 Å². The minimum Gasteiger partial charge on any atom is -0.355 e. The SMILES string of the molecule is c1ccc2cc3c(Nc4cc5ccc6cccc7ccc(c4)c5c67)cccc3cc2c1. The molecule has 1 N–H and O–H groups in total. The Labute approximate surface area is 179 Å². The molecule has 0 aliphatic carbocycles. The quantitative estimate of drug-likeness (QED) is 0.229. The molecular formula is C30H19N. The van der Waals surface area contributed by atoms with Crippen LogP contribution in [0.2, 0.25) is 0 Å². The molecule has 0 heterocycles. The average molecular weight is 393 g/mol. The van der Waals surface area contributed by atoms with Crippen molar-refractivity contribution in [2.75, 3.05) is 5.32 Å². The fourth-order valence-corrected chi connectivity index (χ4v) is 5.06. The molecule has 0 fully saturated rings. The predicted octanol–water partition coefficient (Wildman–Crippen LogP) is 8.63. The van der Waals surface area contributed by atoms with Gasteiger partial charge in [-0.2, -0.15) is 0 Å². The second-order valence-corrected chi connectivity index (χ2v) is 8.36. The van der Waals surface area contributed by atoms with Crippen molar-refractivity contribution in [2.45, 2.75) is 0 Å². The zero-order valence-corrected chi connectivity index (χ0v) is 16.9. The zero-order valence-electron chi connectivity index (χ0n) is 16.9. The second kappa shape index (κ2) is 6.20. The highest BCUT2D eigenvalue weighted by atomic mass is 14.9. The lowest BCUT2D eigenvalue weighted by atomic mass is 9.94. The zero-order chi connectivity index (χ0) is 20.4. The molecule has 0 saturated carbocycles. The van der Waals surface area contributed by atoms with E-state index in [1.165, 1.54) is 53.9 Å². The third-order valence-electron chi connectivity index (χ3n) is 6.49. The van der Waals surface area contributed by atoms with Crippen LogP contribution in [0.5, 0.6) is 0 Å². The van der Waals surface area contributed by atoms with Crippen molar-refractivity contribution >= 4 is 65.2 Å². The van der Waals surface area contributed by atoms with E-state index < -0.39 is 0 Å². The molecular weight excluding hydrogens is 374 g/mol. The fourth-order valence-electron chi connectivity index (χ4n) is 5.06. The lowest BCUT2D eigenvalue weighted by Gasteiger charge is -2.15. The van der Waals surface area contributed by atoms with Gasteiger partial charge in [0.15, 0.2) is 0 Å². The summed E-state index contributed by atoms with van der Waals surface area (Å²) in [6.45, 7) is 0. The standard InChI is InChI=1S/C30H19N/c1-2-6-22-18-27-23(15-21(22)5-1)9-4-10-28(27)31-26-16-24-13-11-19-7-3-8-20-12-14-25(17-26)30(24)29(19)20/h1-18,31H. The molecule has 0 aromatic heterocycles. The molecule has 0 radical (unpaired) electrons. The summed E-state index contributed by atoms with van der Waals surface area (Å²) in [7, 11) is 0. The molecule has 0 atom stereocenters. The lowest BCUT2D eigenvalue weighted by molar-refractivity contribution is 1.62. The summed E-state index contributed by atoms with van der Waals surface area (Å²) in [4.78, 5) is 0. The van der Waals surface area contributed by atoms with Crippen molar-refractivity contribution in [3.8, 4) is 0 Å². The van der Waals surface area contributed by atoms with E-state index in [4.69, 9.17) is 0 Å². The van der Waals surface area contributed by atoms with Gasteiger partial charge in [-0.3, -0.25) is 0 Å². The summed E-state index contributed by atoms with van der Waals surface area (Å²) < 4.78 is 0. The number of hydrogen-bond acceptors (Lipinski definition) is 1. The third-order valence-corrected chi connectivity index (χ3v) is 6.49. The molecule has 0 unspecified atom stereocenters. The Kier molecular flexibility index (Phi) is 3.33. The van der Waals surface area contributed by atoms with E-state index in [0.717, 1.165) is 11.4 Å². The van der Waals surface area contributed by atoms with Crippen LogP contribution in [0, 0.1) is 0 Å². The van der Waals surface area contributed by atoms with Crippen LogP contribution < -0.4 is 5.32 Å². The predicted molar refractivity (Wildman–Crippen MR) is 135 cm³/mol. The summed E-state index contributed by atoms with van der Waals surface area (Å²) in [5.74, 6) is 0. The Hall–Kier alpha value is -4.10. The highest BCUT2D eigenvalue weighted by molar-refractivity contribution is 6.23. The second-order valence-electron chi connectivity index (χ2n) is 8.36. The van der Waals surface area contributed by atoms with Crippen molar-refractivity contribution in [1.82, 2.24) is 0 Å². The summed E-state index contributed by atoms with van der Waals surface area (Å²) in [5, 5.41) is 16.6. The number of benzene rings is 7. The highest BCUT2D eigenvalue weighted by Crippen LogP contribution is 2.37. The Bertz CT molecular complexity index is 1700. The Morgan fingerprint density at radius 2 is 0.935 bits per heavy atom. The summed E-state index contributed by atoms with van der Waals surface area (Å²) in [6, 6.07) is 39.6. The minimum absolute atomic E-state index is 1.12. The lowest BCUT2D eigenvalue weighted by Crippen LogP contribution is -1.93. The van der Waals surface area contributed by atoms with Gasteiger partial charge in [0.1, 0.15) is 0 Å². The van der Waals surface area contributed by atoms with Crippen LogP contribution >= 0.6 is 0 Å². The van der Waals surface area contributed by atoms with Gasteiger partial charge in [-0.05, 0) is 78.8 Å². The van der Waals surface area contributed by atoms with Crippen molar-refractivity contribution in [3.05, 3.63) is 109 Å². The smallest absolute Gasteiger partial charge is 0.0464 e. The van der Waals surface area contributed by atoms with E-state index in [-0.39, 0.29) is 0 Å². The summed E-state index contributed by atoms with van der Waals surface area (Å²) in [5.41, 5.74) is 2.25. The number of rotatable bonds is 2. The summed E-state index contributed by atoms with van der Waals surface area (Å²) in [6.07, 6.45) is 0. The van der Waals surface area contributed by atoms with Gasteiger partial charge in [0, 0.05) is 16.8 Å². The van der Waals surface area contributed by atoms with Gasteiger partial charge >= 0.3 is 0 Å². The topological polar surface area (TPSA) is 12.0 Å². The maximum Gasteiger partial charge on any atom is 0.0464 e. The molecule has 0 spiro atoms. The van der Waals surface area contributed by atoms with E-state index in [9.17, 15) is 0 Å². The third kappa shape index (κ3) is 2.50. The Balaban J connectivity index is 1.43. The largest absolute Gasteiger partial charge is 0.355 e. The molecule has 0 aliphatic rings. The first-order valence-electron chi connectivity index (χ1n) is 10.7. The maximum absolute atomic E-state index is 3.71. The van der Waals surface area contributed by atoms with E-state index in [0.29, 0.717) is 0 Å². The van der Waals surface area contributed by atoms with Gasteiger partial charge < -0.3 is 5.32 Å². The van der Waals surface area contributed by atoms with Crippen molar-refractivity contribution in [2.24, 2.45) is 0 Å². The monoisotopic (exact) mass is 393 g/mol. The van der Waals surface area contributed by atoms with Crippen LogP contribution in [0.15, 0.2) is 109 Å².